The Hall–Kier alpha value is -2.09. The van der Waals surface area contributed by atoms with Gasteiger partial charge in [-0.1, -0.05) is 29.8 Å². The van der Waals surface area contributed by atoms with Crippen molar-refractivity contribution in [3.8, 4) is 0 Å². The highest BCUT2D eigenvalue weighted by Crippen LogP contribution is 2.40. The molecule has 0 fully saturated rings. The Morgan fingerprint density at radius 3 is 2.56 bits per heavy atom. The second-order valence-electron chi connectivity index (χ2n) is 4.77. The van der Waals surface area contributed by atoms with Crippen LogP contribution in [0.25, 0.3) is 5.57 Å². The molecule has 0 N–H and O–H groups in total. The monoisotopic (exact) mass is 236 g/mol. The molecule has 0 atom stereocenters. The Kier molecular flexibility index (Phi) is 2.63. The summed E-state index contributed by atoms with van der Waals surface area (Å²) in [5.74, 6) is 1.02. The van der Waals surface area contributed by atoms with Gasteiger partial charge >= 0.3 is 0 Å². The average molecular weight is 236 g/mol. The van der Waals surface area contributed by atoms with Crippen molar-refractivity contribution in [3.05, 3.63) is 59.8 Å². The summed E-state index contributed by atoms with van der Waals surface area (Å²) in [6, 6.07) is 14.6. The van der Waals surface area contributed by atoms with E-state index in [2.05, 4.69) is 54.1 Å². The van der Waals surface area contributed by atoms with E-state index in [-0.39, 0.29) is 0 Å². The summed E-state index contributed by atoms with van der Waals surface area (Å²) >= 11 is 0. The summed E-state index contributed by atoms with van der Waals surface area (Å²) in [7, 11) is 0. The van der Waals surface area contributed by atoms with Crippen molar-refractivity contribution in [2.75, 3.05) is 11.4 Å². The first kappa shape index (κ1) is 11.0. The van der Waals surface area contributed by atoms with Crippen molar-refractivity contribution >= 4 is 17.1 Å². The molecule has 0 saturated carbocycles. The molecule has 3 rings (SSSR count). The first-order valence-corrected chi connectivity index (χ1v) is 6.21. The van der Waals surface area contributed by atoms with Gasteiger partial charge in [-0.05, 0) is 37.6 Å². The lowest BCUT2D eigenvalue weighted by molar-refractivity contribution is 1.09. The van der Waals surface area contributed by atoms with Crippen molar-refractivity contribution in [1.82, 2.24) is 4.98 Å². The van der Waals surface area contributed by atoms with Gasteiger partial charge in [0.25, 0.3) is 0 Å². The normalized spacial score (nSPS) is 13.7. The van der Waals surface area contributed by atoms with Gasteiger partial charge in [0.05, 0.1) is 12.2 Å². The molecule has 0 spiro atoms. The molecule has 2 aromatic rings. The zero-order valence-corrected chi connectivity index (χ0v) is 10.7. The number of fused-ring (bicyclic) bond motifs is 1. The topological polar surface area (TPSA) is 16.1 Å². The van der Waals surface area contributed by atoms with E-state index in [0.29, 0.717) is 0 Å². The Labute approximate surface area is 108 Å². The van der Waals surface area contributed by atoms with Gasteiger partial charge in [0.2, 0.25) is 0 Å². The van der Waals surface area contributed by atoms with E-state index in [9.17, 15) is 0 Å². The van der Waals surface area contributed by atoms with Gasteiger partial charge in [0, 0.05) is 11.8 Å². The standard InChI is InChI=1S/C16H16N2/c1-12(2)14-11-18(16-9-5-6-10-17-16)15-8-4-3-7-13(14)15/h3-10H,11H2,1-2H3. The molecule has 0 bridgehead atoms. The van der Waals surface area contributed by atoms with Gasteiger partial charge in [0.1, 0.15) is 5.82 Å². The van der Waals surface area contributed by atoms with E-state index >= 15 is 0 Å². The van der Waals surface area contributed by atoms with Crippen LogP contribution < -0.4 is 4.90 Å². The molecule has 2 heteroatoms. The Morgan fingerprint density at radius 1 is 1.06 bits per heavy atom. The zero-order valence-electron chi connectivity index (χ0n) is 10.7. The van der Waals surface area contributed by atoms with Crippen molar-refractivity contribution < 1.29 is 0 Å². The molecule has 0 amide bonds. The Morgan fingerprint density at radius 2 is 1.83 bits per heavy atom. The van der Waals surface area contributed by atoms with E-state index in [4.69, 9.17) is 0 Å². The van der Waals surface area contributed by atoms with Crippen LogP contribution in [0.3, 0.4) is 0 Å². The molecule has 0 radical (unpaired) electrons. The van der Waals surface area contributed by atoms with Crippen LogP contribution in [-0.2, 0) is 0 Å². The van der Waals surface area contributed by atoms with Crippen molar-refractivity contribution in [2.45, 2.75) is 13.8 Å². The maximum Gasteiger partial charge on any atom is 0.133 e. The van der Waals surface area contributed by atoms with Gasteiger partial charge in [-0.15, -0.1) is 0 Å². The van der Waals surface area contributed by atoms with E-state index in [1.165, 1.54) is 22.4 Å². The third-order valence-electron chi connectivity index (χ3n) is 3.37. The third kappa shape index (κ3) is 1.70. The molecule has 18 heavy (non-hydrogen) atoms. The number of nitrogens with zero attached hydrogens (tertiary/aromatic N) is 2. The maximum atomic E-state index is 4.46. The average Bonchev–Trinajstić information content (AvgIpc) is 2.79. The van der Waals surface area contributed by atoms with Crippen LogP contribution in [0.2, 0.25) is 0 Å². The van der Waals surface area contributed by atoms with Gasteiger partial charge in [0.15, 0.2) is 0 Å². The largest absolute Gasteiger partial charge is 0.321 e. The van der Waals surface area contributed by atoms with E-state index in [1.807, 2.05) is 18.3 Å². The highest BCUT2D eigenvalue weighted by Gasteiger charge is 2.25. The Balaban J connectivity index is 2.14. The van der Waals surface area contributed by atoms with Crippen molar-refractivity contribution in [2.24, 2.45) is 0 Å². The molecule has 0 saturated heterocycles. The molecule has 90 valence electrons. The van der Waals surface area contributed by atoms with E-state index in [0.717, 1.165) is 12.4 Å². The number of hydrogen-bond donors (Lipinski definition) is 0. The highest BCUT2D eigenvalue weighted by molar-refractivity contribution is 5.89. The minimum Gasteiger partial charge on any atom is -0.321 e. The predicted molar refractivity (Wildman–Crippen MR) is 76.0 cm³/mol. The zero-order chi connectivity index (χ0) is 12.5. The van der Waals surface area contributed by atoms with Crippen LogP contribution in [0.5, 0.6) is 0 Å². The molecule has 2 heterocycles. The SMILES string of the molecule is CC(C)=C1CN(c2ccccn2)c2ccccc21. The fourth-order valence-electron chi connectivity index (χ4n) is 2.44. The van der Waals surface area contributed by atoms with Crippen LogP contribution in [0, 0.1) is 0 Å². The van der Waals surface area contributed by atoms with Crippen LogP contribution in [0.15, 0.2) is 54.2 Å². The van der Waals surface area contributed by atoms with E-state index < -0.39 is 0 Å². The highest BCUT2D eigenvalue weighted by atomic mass is 15.2. The third-order valence-corrected chi connectivity index (χ3v) is 3.37. The predicted octanol–water partition coefficient (Wildman–Crippen LogP) is 4.03. The first-order chi connectivity index (χ1) is 8.77. The lowest BCUT2D eigenvalue weighted by Crippen LogP contribution is -2.14. The fraction of sp³-hybridized carbons (Fsp3) is 0.188. The van der Waals surface area contributed by atoms with Crippen molar-refractivity contribution in [3.63, 3.8) is 0 Å². The summed E-state index contributed by atoms with van der Waals surface area (Å²) in [4.78, 5) is 6.73. The summed E-state index contributed by atoms with van der Waals surface area (Å²) in [5.41, 5.74) is 5.38. The van der Waals surface area contributed by atoms with Crippen LogP contribution in [0.1, 0.15) is 19.4 Å². The Bertz CT molecular complexity index is 596. The lowest BCUT2D eigenvalue weighted by Gasteiger charge is -2.17. The molecule has 1 aliphatic heterocycles. The number of rotatable bonds is 1. The van der Waals surface area contributed by atoms with Gasteiger partial charge in [-0.3, -0.25) is 0 Å². The molecule has 1 aliphatic rings. The number of allylic oxidation sites excluding steroid dienone is 1. The number of benzene rings is 1. The molecular weight excluding hydrogens is 220 g/mol. The summed E-state index contributed by atoms with van der Waals surface area (Å²) in [6.07, 6.45) is 1.85. The molecule has 2 nitrogen and oxygen atoms in total. The fourth-order valence-corrected chi connectivity index (χ4v) is 2.44. The quantitative estimate of drug-likeness (QED) is 0.743. The number of aromatic nitrogens is 1. The number of hydrogen-bond acceptors (Lipinski definition) is 2. The molecule has 1 aromatic heterocycles. The second-order valence-corrected chi connectivity index (χ2v) is 4.77. The van der Waals surface area contributed by atoms with Gasteiger partial charge < -0.3 is 4.90 Å². The first-order valence-electron chi connectivity index (χ1n) is 6.21. The molecule has 1 aromatic carbocycles. The summed E-state index contributed by atoms with van der Waals surface area (Å²) in [6.45, 7) is 5.26. The lowest BCUT2D eigenvalue weighted by atomic mass is 10.0. The van der Waals surface area contributed by atoms with Crippen LogP contribution >= 0.6 is 0 Å². The van der Waals surface area contributed by atoms with Gasteiger partial charge in [-0.2, -0.15) is 0 Å². The summed E-state index contributed by atoms with van der Waals surface area (Å²) < 4.78 is 0. The molecule has 0 aliphatic carbocycles. The molecular formula is C16H16N2. The smallest absolute Gasteiger partial charge is 0.133 e. The maximum absolute atomic E-state index is 4.46. The van der Waals surface area contributed by atoms with E-state index in [1.54, 1.807) is 0 Å². The second kappa shape index (κ2) is 4.30. The number of anilines is 2. The van der Waals surface area contributed by atoms with Crippen molar-refractivity contribution in [1.29, 1.82) is 0 Å². The summed E-state index contributed by atoms with van der Waals surface area (Å²) in [5, 5.41) is 0. The van der Waals surface area contributed by atoms with Crippen LogP contribution in [-0.4, -0.2) is 11.5 Å². The van der Waals surface area contributed by atoms with Crippen LogP contribution in [0.4, 0.5) is 11.5 Å². The minimum atomic E-state index is 0.915. The number of pyridine rings is 1. The molecule has 0 unspecified atom stereocenters. The number of para-hydroxylation sites is 1. The van der Waals surface area contributed by atoms with Gasteiger partial charge in [-0.25, -0.2) is 4.98 Å². The minimum absolute atomic E-state index is 0.915.